The number of nitriles is 1. The molecule has 1 unspecified atom stereocenters. The van der Waals surface area contributed by atoms with Crippen molar-refractivity contribution in [3.63, 3.8) is 0 Å². The van der Waals surface area contributed by atoms with Crippen LogP contribution in [-0.4, -0.2) is 38.6 Å². The van der Waals surface area contributed by atoms with Gasteiger partial charge in [-0.2, -0.15) is 5.26 Å². The average molecular weight is 187 g/mol. The number of aliphatic hydroxyl groups is 1. The summed E-state index contributed by atoms with van der Waals surface area (Å²) in [5, 5.41) is 17.2. The topological polar surface area (TPSA) is 62.5 Å². The highest BCUT2D eigenvalue weighted by Crippen LogP contribution is 2.03. The van der Waals surface area contributed by atoms with Crippen molar-refractivity contribution in [1.29, 1.82) is 5.26 Å². The molecule has 0 aromatic heterocycles. The molecule has 0 bridgehead atoms. The molecule has 0 saturated carbocycles. The summed E-state index contributed by atoms with van der Waals surface area (Å²) >= 11 is 0. The van der Waals surface area contributed by atoms with E-state index < -0.39 is 0 Å². The smallest absolute Gasteiger partial charge is 0.0700 e. The van der Waals surface area contributed by atoms with Crippen LogP contribution < -0.4 is 0 Å². The first-order valence-electron chi connectivity index (χ1n) is 4.42. The van der Waals surface area contributed by atoms with Crippen molar-refractivity contribution in [2.75, 3.05) is 33.5 Å². The lowest BCUT2D eigenvalue weighted by atomic mass is 10.1. The van der Waals surface area contributed by atoms with Crippen molar-refractivity contribution < 1.29 is 14.6 Å². The fraction of sp³-hybridized carbons (Fsp3) is 0.889. The minimum Gasteiger partial charge on any atom is -0.395 e. The lowest BCUT2D eigenvalue weighted by molar-refractivity contribution is 0.0670. The van der Waals surface area contributed by atoms with Gasteiger partial charge in [-0.25, -0.2) is 0 Å². The molecule has 1 N–H and O–H groups in total. The molecule has 0 saturated heterocycles. The fourth-order valence-corrected chi connectivity index (χ4v) is 0.873. The standard InChI is InChI=1S/C9H17NO3/c1-12-5-6-13-4-2-3-9(7-10)8-11/h9,11H,2-6,8H2,1H3. The monoisotopic (exact) mass is 187 g/mol. The predicted molar refractivity (Wildman–Crippen MR) is 48.1 cm³/mol. The van der Waals surface area contributed by atoms with Crippen LogP contribution in [0.15, 0.2) is 0 Å². The number of rotatable bonds is 8. The first kappa shape index (κ1) is 12.4. The van der Waals surface area contributed by atoms with E-state index in [0.717, 1.165) is 6.42 Å². The molecule has 0 rings (SSSR count). The van der Waals surface area contributed by atoms with Crippen molar-refractivity contribution in [2.24, 2.45) is 5.92 Å². The highest BCUT2D eigenvalue weighted by atomic mass is 16.5. The highest BCUT2D eigenvalue weighted by molar-refractivity contribution is 4.81. The van der Waals surface area contributed by atoms with Gasteiger partial charge in [0.15, 0.2) is 0 Å². The summed E-state index contributed by atoms with van der Waals surface area (Å²) in [6, 6.07) is 2.02. The molecular formula is C9H17NO3. The van der Waals surface area contributed by atoms with Crippen LogP contribution in [0.5, 0.6) is 0 Å². The van der Waals surface area contributed by atoms with Crippen LogP contribution in [0.2, 0.25) is 0 Å². The Bertz CT molecular complexity index is 144. The number of methoxy groups -OCH3 is 1. The lowest BCUT2D eigenvalue weighted by Crippen LogP contribution is -2.07. The predicted octanol–water partition coefficient (Wildman–Crippen LogP) is 0.562. The van der Waals surface area contributed by atoms with E-state index in [9.17, 15) is 0 Å². The quantitative estimate of drug-likeness (QED) is 0.564. The number of hydrogen-bond donors (Lipinski definition) is 1. The number of aliphatic hydroxyl groups excluding tert-OH is 1. The second-order valence-electron chi connectivity index (χ2n) is 2.76. The number of ether oxygens (including phenoxy) is 2. The zero-order valence-electron chi connectivity index (χ0n) is 8.03. The van der Waals surface area contributed by atoms with Crippen molar-refractivity contribution in [3.05, 3.63) is 0 Å². The minimum atomic E-state index is -0.244. The van der Waals surface area contributed by atoms with Gasteiger partial charge >= 0.3 is 0 Å². The molecule has 0 amide bonds. The second-order valence-corrected chi connectivity index (χ2v) is 2.76. The zero-order chi connectivity index (χ0) is 9.94. The molecule has 0 aromatic carbocycles. The maximum absolute atomic E-state index is 8.68. The molecule has 0 heterocycles. The molecular weight excluding hydrogens is 170 g/mol. The van der Waals surface area contributed by atoms with E-state index in [4.69, 9.17) is 19.8 Å². The average Bonchev–Trinajstić information content (AvgIpc) is 2.17. The van der Waals surface area contributed by atoms with Crippen LogP contribution in [0.25, 0.3) is 0 Å². The normalized spacial score (nSPS) is 12.4. The van der Waals surface area contributed by atoms with Crippen molar-refractivity contribution >= 4 is 0 Å². The Morgan fingerprint density at radius 2 is 2.15 bits per heavy atom. The first-order chi connectivity index (χ1) is 6.35. The highest BCUT2D eigenvalue weighted by Gasteiger charge is 2.03. The maximum Gasteiger partial charge on any atom is 0.0700 e. The summed E-state index contributed by atoms with van der Waals surface area (Å²) in [5.41, 5.74) is 0. The van der Waals surface area contributed by atoms with Crippen LogP contribution in [0, 0.1) is 17.2 Å². The fourth-order valence-electron chi connectivity index (χ4n) is 0.873. The van der Waals surface area contributed by atoms with Gasteiger partial charge in [0.2, 0.25) is 0 Å². The largest absolute Gasteiger partial charge is 0.395 e. The minimum absolute atomic E-state index is 0.0609. The van der Waals surface area contributed by atoms with Crippen LogP contribution in [-0.2, 0) is 9.47 Å². The summed E-state index contributed by atoms with van der Waals surface area (Å²) in [5.74, 6) is -0.244. The Hall–Kier alpha value is -0.630. The van der Waals surface area contributed by atoms with Crippen molar-refractivity contribution in [1.82, 2.24) is 0 Å². The van der Waals surface area contributed by atoms with Gasteiger partial charge in [0, 0.05) is 13.7 Å². The van der Waals surface area contributed by atoms with E-state index in [0.29, 0.717) is 26.2 Å². The Morgan fingerprint density at radius 1 is 1.38 bits per heavy atom. The second kappa shape index (κ2) is 9.46. The van der Waals surface area contributed by atoms with Gasteiger partial charge in [0.1, 0.15) is 0 Å². The van der Waals surface area contributed by atoms with Gasteiger partial charge in [-0.3, -0.25) is 0 Å². The molecule has 0 fully saturated rings. The molecule has 4 nitrogen and oxygen atoms in total. The molecule has 4 heteroatoms. The van der Waals surface area contributed by atoms with Crippen LogP contribution in [0.3, 0.4) is 0 Å². The van der Waals surface area contributed by atoms with E-state index in [1.165, 1.54) is 0 Å². The Kier molecular flexibility index (Phi) is 9.00. The molecule has 1 atom stereocenters. The molecule has 0 aliphatic heterocycles. The molecule has 0 spiro atoms. The van der Waals surface area contributed by atoms with Gasteiger partial charge in [0.05, 0.1) is 31.8 Å². The molecule has 0 aliphatic carbocycles. The molecule has 0 aromatic rings. The number of nitrogens with zero attached hydrogens (tertiary/aromatic N) is 1. The van der Waals surface area contributed by atoms with Crippen LogP contribution >= 0.6 is 0 Å². The summed E-state index contributed by atoms with van der Waals surface area (Å²) < 4.78 is 9.99. The third-order valence-electron chi connectivity index (χ3n) is 1.68. The lowest BCUT2D eigenvalue weighted by Gasteiger charge is -2.05. The van der Waals surface area contributed by atoms with Gasteiger partial charge < -0.3 is 14.6 Å². The van der Waals surface area contributed by atoms with Gasteiger partial charge in [-0.05, 0) is 12.8 Å². The Balaban J connectivity index is 3.11. The van der Waals surface area contributed by atoms with E-state index in [-0.39, 0.29) is 12.5 Å². The summed E-state index contributed by atoms with van der Waals surface area (Å²) in [6.07, 6.45) is 1.50. The van der Waals surface area contributed by atoms with Gasteiger partial charge in [0.25, 0.3) is 0 Å². The molecule has 13 heavy (non-hydrogen) atoms. The van der Waals surface area contributed by atoms with E-state index in [1.807, 2.05) is 6.07 Å². The number of hydrogen-bond acceptors (Lipinski definition) is 4. The van der Waals surface area contributed by atoms with Gasteiger partial charge in [-0.15, -0.1) is 0 Å². The molecule has 0 aliphatic rings. The SMILES string of the molecule is COCCOCCCC(C#N)CO. The van der Waals surface area contributed by atoms with Crippen molar-refractivity contribution in [3.8, 4) is 6.07 Å². The Morgan fingerprint density at radius 3 is 2.69 bits per heavy atom. The van der Waals surface area contributed by atoms with E-state index in [2.05, 4.69) is 0 Å². The van der Waals surface area contributed by atoms with E-state index in [1.54, 1.807) is 7.11 Å². The van der Waals surface area contributed by atoms with Crippen LogP contribution in [0.4, 0.5) is 0 Å². The van der Waals surface area contributed by atoms with E-state index >= 15 is 0 Å². The third kappa shape index (κ3) is 7.72. The van der Waals surface area contributed by atoms with Gasteiger partial charge in [-0.1, -0.05) is 0 Å². The Labute approximate surface area is 79.1 Å². The maximum atomic E-state index is 8.68. The molecule has 76 valence electrons. The van der Waals surface area contributed by atoms with Crippen molar-refractivity contribution in [2.45, 2.75) is 12.8 Å². The summed E-state index contributed by atoms with van der Waals surface area (Å²) in [4.78, 5) is 0. The summed E-state index contributed by atoms with van der Waals surface area (Å²) in [6.45, 7) is 1.75. The summed E-state index contributed by atoms with van der Waals surface area (Å²) in [7, 11) is 1.63. The van der Waals surface area contributed by atoms with Crippen LogP contribution in [0.1, 0.15) is 12.8 Å². The zero-order valence-corrected chi connectivity index (χ0v) is 8.03. The first-order valence-corrected chi connectivity index (χ1v) is 4.42. The third-order valence-corrected chi connectivity index (χ3v) is 1.68. The molecule has 0 radical (unpaired) electrons.